The molecule has 1 aliphatic carbocycles. The summed E-state index contributed by atoms with van der Waals surface area (Å²) in [5.41, 5.74) is 0.380. The number of hydrogen-bond donors (Lipinski definition) is 1. The second-order valence-electron chi connectivity index (χ2n) is 3.54. The van der Waals surface area contributed by atoms with E-state index >= 15 is 0 Å². The predicted molar refractivity (Wildman–Crippen MR) is 53.4 cm³/mol. The largest absolute Gasteiger partial charge is 0.489 e. The number of benzene rings is 1. The molecule has 4 heteroatoms. The van der Waals surface area contributed by atoms with Crippen molar-refractivity contribution in [1.29, 1.82) is 0 Å². The Morgan fingerprint density at radius 1 is 1.53 bits per heavy atom. The van der Waals surface area contributed by atoms with E-state index in [0.717, 1.165) is 12.8 Å². The average molecular weight is 209 g/mol. The summed E-state index contributed by atoms with van der Waals surface area (Å²) in [7, 11) is 1.53. The van der Waals surface area contributed by atoms with Crippen LogP contribution >= 0.6 is 0 Å². The molecule has 0 bridgehead atoms. The third-order valence-electron chi connectivity index (χ3n) is 2.23. The van der Waals surface area contributed by atoms with Crippen LogP contribution in [-0.4, -0.2) is 19.1 Å². The van der Waals surface area contributed by atoms with E-state index in [1.54, 1.807) is 0 Å². The summed E-state index contributed by atoms with van der Waals surface area (Å²) in [6.45, 7) is 0. The third kappa shape index (κ3) is 2.26. The highest BCUT2D eigenvalue weighted by Crippen LogP contribution is 2.29. The molecule has 0 atom stereocenters. The fourth-order valence-electron chi connectivity index (χ4n) is 1.28. The van der Waals surface area contributed by atoms with Gasteiger partial charge in [-0.25, -0.2) is 4.39 Å². The van der Waals surface area contributed by atoms with E-state index in [9.17, 15) is 9.18 Å². The van der Waals surface area contributed by atoms with Gasteiger partial charge in [-0.05, 0) is 25.0 Å². The van der Waals surface area contributed by atoms with Gasteiger partial charge in [-0.2, -0.15) is 0 Å². The molecule has 1 saturated carbocycles. The number of amides is 1. The van der Waals surface area contributed by atoms with E-state index in [1.807, 2.05) is 0 Å². The average Bonchev–Trinajstić information content (AvgIpc) is 3.01. The van der Waals surface area contributed by atoms with Gasteiger partial charge in [-0.3, -0.25) is 4.79 Å². The number of halogens is 1. The first-order valence-corrected chi connectivity index (χ1v) is 4.89. The molecule has 0 aromatic heterocycles. The van der Waals surface area contributed by atoms with Gasteiger partial charge in [0.05, 0.1) is 11.7 Å². The van der Waals surface area contributed by atoms with Crippen molar-refractivity contribution in [3.63, 3.8) is 0 Å². The van der Waals surface area contributed by atoms with Gasteiger partial charge in [0.25, 0.3) is 5.91 Å². The minimum atomic E-state index is -0.390. The SMILES string of the molecule is CNC(=O)c1ccc(F)cc1OC1CC1. The molecule has 1 fully saturated rings. The van der Waals surface area contributed by atoms with Gasteiger partial charge in [0.1, 0.15) is 11.6 Å². The summed E-state index contributed by atoms with van der Waals surface area (Å²) in [4.78, 5) is 11.4. The minimum absolute atomic E-state index is 0.148. The first-order chi connectivity index (χ1) is 7.20. The minimum Gasteiger partial charge on any atom is -0.489 e. The van der Waals surface area contributed by atoms with E-state index in [2.05, 4.69) is 5.32 Å². The maximum atomic E-state index is 13.0. The van der Waals surface area contributed by atoms with Gasteiger partial charge < -0.3 is 10.1 Å². The van der Waals surface area contributed by atoms with Crippen LogP contribution in [0, 0.1) is 5.82 Å². The Bertz CT molecular complexity index is 388. The second-order valence-corrected chi connectivity index (χ2v) is 3.54. The van der Waals surface area contributed by atoms with Crippen LogP contribution in [-0.2, 0) is 0 Å². The van der Waals surface area contributed by atoms with Crippen LogP contribution in [0.15, 0.2) is 18.2 Å². The van der Waals surface area contributed by atoms with Crippen LogP contribution in [0.4, 0.5) is 4.39 Å². The Balaban J connectivity index is 2.29. The summed E-state index contributed by atoms with van der Waals surface area (Å²) < 4.78 is 18.4. The summed E-state index contributed by atoms with van der Waals surface area (Å²) in [6.07, 6.45) is 2.10. The standard InChI is InChI=1S/C11H12FNO2/c1-13-11(14)9-5-2-7(12)6-10(9)15-8-3-4-8/h2,5-6,8H,3-4H2,1H3,(H,13,14). The summed E-state index contributed by atoms with van der Waals surface area (Å²) in [6, 6.07) is 3.94. The first kappa shape index (κ1) is 9.96. The van der Waals surface area contributed by atoms with Crippen molar-refractivity contribution in [2.75, 3.05) is 7.05 Å². The van der Waals surface area contributed by atoms with Gasteiger partial charge in [-0.15, -0.1) is 0 Å². The Morgan fingerprint density at radius 2 is 2.27 bits per heavy atom. The molecule has 1 amide bonds. The van der Waals surface area contributed by atoms with Gasteiger partial charge >= 0.3 is 0 Å². The lowest BCUT2D eigenvalue weighted by Crippen LogP contribution is -2.19. The molecular weight excluding hydrogens is 197 g/mol. The quantitative estimate of drug-likeness (QED) is 0.823. The van der Waals surface area contributed by atoms with E-state index in [1.165, 1.54) is 25.2 Å². The maximum Gasteiger partial charge on any atom is 0.254 e. The molecule has 1 aromatic carbocycles. The molecular formula is C11H12FNO2. The number of carbonyl (C=O) groups excluding carboxylic acids is 1. The molecule has 1 N–H and O–H groups in total. The highest BCUT2D eigenvalue weighted by atomic mass is 19.1. The third-order valence-corrected chi connectivity index (χ3v) is 2.23. The molecule has 3 nitrogen and oxygen atoms in total. The molecule has 2 rings (SSSR count). The number of rotatable bonds is 3. The second kappa shape index (κ2) is 3.88. The normalized spacial score (nSPS) is 14.8. The Morgan fingerprint density at radius 3 is 2.87 bits per heavy atom. The number of nitrogens with one attached hydrogen (secondary N) is 1. The number of ether oxygens (including phenoxy) is 1. The van der Waals surface area contributed by atoms with Gasteiger partial charge in [0.2, 0.25) is 0 Å². The van der Waals surface area contributed by atoms with Gasteiger partial charge in [-0.1, -0.05) is 0 Å². The van der Waals surface area contributed by atoms with E-state index in [4.69, 9.17) is 4.74 Å². The van der Waals surface area contributed by atoms with Crippen LogP contribution in [0.2, 0.25) is 0 Å². The summed E-state index contributed by atoms with van der Waals surface area (Å²) in [5.74, 6) is -0.319. The van der Waals surface area contributed by atoms with Crippen molar-refractivity contribution in [2.45, 2.75) is 18.9 Å². The molecule has 0 heterocycles. The molecule has 15 heavy (non-hydrogen) atoms. The first-order valence-electron chi connectivity index (χ1n) is 4.89. The van der Waals surface area contributed by atoms with Crippen molar-refractivity contribution in [1.82, 2.24) is 5.32 Å². The zero-order chi connectivity index (χ0) is 10.8. The van der Waals surface area contributed by atoms with Gasteiger partial charge in [0.15, 0.2) is 0 Å². The van der Waals surface area contributed by atoms with E-state index in [-0.39, 0.29) is 12.0 Å². The number of hydrogen-bond acceptors (Lipinski definition) is 2. The highest BCUT2D eigenvalue weighted by Gasteiger charge is 2.25. The maximum absolute atomic E-state index is 13.0. The molecule has 1 aromatic rings. The van der Waals surface area contributed by atoms with Crippen molar-refractivity contribution < 1.29 is 13.9 Å². The van der Waals surface area contributed by atoms with E-state index < -0.39 is 5.82 Å². The summed E-state index contributed by atoms with van der Waals surface area (Å²) in [5, 5.41) is 2.49. The van der Waals surface area contributed by atoms with Crippen molar-refractivity contribution >= 4 is 5.91 Å². The highest BCUT2D eigenvalue weighted by molar-refractivity contribution is 5.96. The lowest BCUT2D eigenvalue weighted by Gasteiger charge is -2.09. The Hall–Kier alpha value is -1.58. The van der Waals surface area contributed by atoms with Crippen molar-refractivity contribution in [3.05, 3.63) is 29.6 Å². The lowest BCUT2D eigenvalue weighted by atomic mass is 10.2. The molecule has 80 valence electrons. The smallest absolute Gasteiger partial charge is 0.254 e. The van der Waals surface area contributed by atoms with Crippen molar-refractivity contribution in [2.24, 2.45) is 0 Å². The van der Waals surface area contributed by atoms with Crippen molar-refractivity contribution in [3.8, 4) is 5.75 Å². The molecule has 0 radical (unpaired) electrons. The van der Waals surface area contributed by atoms with Crippen LogP contribution in [0.5, 0.6) is 5.75 Å². The van der Waals surface area contributed by atoms with Crippen LogP contribution in [0.3, 0.4) is 0 Å². The zero-order valence-corrected chi connectivity index (χ0v) is 8.42. The predicted octanol–water partition coefficient (Wildman–Crippen LogP) is 1.73. The molecule has 0 unspecified atom stereocenters. The van der Waals surface area contributed by atoms with Gasteiger partial charge in [0, 0.05) is 13.1 Å². The van der Waals surface area contributed by atoms with Crippen LogP contribution in [0.1, 0.15) is 23.2 Å². The fourth-order valence-corrected chi connectivity index (χ4v) is 1.28. The lowest BCUT2D eigenvalue weighted by molar-refractivity contribution is 0.0958. The topological polar surface area (TPSA) is 38.3 Å². The Kier molecular flexibility index (Phi) is 2.58. The number of carbonyl (C=O) groups is 1. The van der Waals surface area contributed by atoms with Crippen LogP contribution < -0.4 is 10.1 Å². The molecule has 0 spiro atoms. The molecule has 0 aliphatic heterocycles. The summed E-state index contributed by atoms with van der Waals surface area (Å²) >= 11 is 0. The van der Waals surface area contributed by atoms with E-state index in [0.29, 0.717) is 11.3 Å². The molecule has 0 saturated heterocycles. The Labute approximate surface area is 87.2 Å². The zero-order valence-electron chi connectivity index (χ0n) is 8.42. The van der Waals surface area contributed by atoms with Crippen LogP contribution in [0.25, 0.3) is 0 Å². The molecule has 1 aliphatic rings. The monoisotopic (exact) mass is 209 g/mol. The fraction of sp³-hybridized carbons (Fsp3) is 0.364.